The fourth-order valence-corrected chi connectivity index (χ4v) is 5.17. The molecule has 0 bridgehead atoms. The summed E-state index contributed by atoms with van der Waals surface area (Å²) in [7, 11) is 5.83. The van der Waals surface area contributed by atoms with Gasteiger partial charge in [0.1, 0.15) is 0 Å². The SMILES string of the molecule is COc1cc(CN2CCC(O)(CN3CCN(c4ccccc4)CC3)C2)ccc1OCCCN(C)C. The lowest BCUT2D eigenvalue weighted by Crippen LogP contribution is -2.52. The molecule has 1 unspecified atom stereocenters. The Morgan fingerprint density at radius 2 is 1.71 bits per heavy atom. The molecule has 1 atom stereocenters. The van der Waals surface area contributed by atoms with Crippen molar-refractivity contribution in [3.05, 3.63) is 54.1 Å². The van der Waals surface area contributed by atoms with Crippen molar-refractivity contribution in [2.45, 2.75) is 25.0 Å². The monoisotopic (exact) mass is 482 g/mol. The first-order valence-corrected chi connectivity index (χ1v) is 12.9. The van der Waals surface area contributed by atoms with Crippen LogP contribution in [-0.2, 0) is 6.54 Å². The van der Waals surface area contributed by atoms with Crippen LogP contribution in [-0.4, -0.2) is 106 Å². The minimum Gasteiger partial charge on any atom is -0.493 e. The zero-order chi connectivity index (χ0) is 24.7. The average Bonchev–Trinajstić information content (AvgIpc) is 3.23. The molecule has 0 aliphatic carbocycles. The van der Waals surface area contributed by atoms with Crippen molar-refractivity contribution in [1.82, 2.24) is 14.7 Å². The van der Waals surface area contributed by atoms with Crippen molar-refractivity contribution < 1.29 is 14.6 Å². The normalized spacial score (nSPS) is 21.6. The van der Waals surface area contributed by atoms with Crippen LogP contribution in [0.1, 0.15) is 18.4 Å². The van der Waals surface area contributed by atoms with Crippen LogP contribution in [0.25, 0.3) is 0 Å². The molecule has 192 valence electrons. The van der Waals surface area contributed by atoms with Gasteiger partial charge in [0, 0.05) is 64.6 Å². The van der Waals surface area contributed by atoms with Crippen LogP contribution < -0.4 is 14.4 Å². The first-order chi connectivity index (χ1) is 16.9. The average molecular weight is 483 g/mol. The van der Waals surface area contributed by atoms with Crippen molar-refractivity contribution in [1.29, 1.82) is 0 Å². The van der Waals surface area contributed by atoms with Gasteiger partial charge in [-0.05, 0) is 56.8 Å². The standard InChI is InChI=1S/C28H42N4O3/c1-29(2)13-7-19-35-26-11-10-24(20-27(26)34-3)21-31-14-12-28(33,23-31)22-30-15-17-32(18-16-30)25-8-5-4-6-9-25/h4-6,8-11,20,33H,7,12-19,21-23H2,1-3H3. The van der Waals surface area contributed by atoms with Crippen molar-refractivity contribution in [2.75, 3.05) is 85.1 Å². The molecule has 2 aromatic rings. The summed E-state index contributed by atoms with van der Waals surface area (Å²) in [4.78, 5) is 9.37. The highest BCUT2D eigenvalue weighted by molar-refractivity contribution is 5.46. The van der Waals surface area contributed by atoms with Gasteiger partial charge in [0.15, 0.2) is 11.5 Å². The van der Waals surface area contributed by atoms with Crippen LogP contribution in [0.3, 0.4) is 0 Å². The van der Waals surface area contributed by atoms with Gasteiger partial charge in [0.2, 0.25) is 0 Å². The van der Waals surface area contributed by atoms with E-state index < -0.39 is 5.60 Å². The molecular weight excluding hydrogens is 440 g/mol. The number of methoxy groups -OCH3 is 1. The van der Waals surface area contributed by atoms with Crippen molar-refractivity contribution in [3.8, 4) is 11.5 Å². The predicted octanol–water partition coefficient (Wildman–Crippen LogP) is 2.78. The van der Waals surface area contributed by atoms with Crippen molar-refractivity contribution in [3.63, 3.8) is 0 Å². The molecule has 7 heteroatoms. The van der Waals surface area contributed by atoms with Crippen LogP contribution in [0.15, 0.2) is 48.5 Å². The molecule has 2 aliphatic heterocycles. The second kappa shape index (κ2) is 12.1. The molecule has 0 aromatic heterocycles. The van der Waals surface area contributed by atoms with Crippen LogP contribution in [0.2, 0.25) is 0 Å². The molecule has 0 amide bonds. The van der Waals surface area contributed by atoms with Gasteiger partial charge in [-0.15, -0.1) is 0 Å². The number of rotatable bonds is 11. The van der Waals surface area contributed by atoms with Gasteiger partial charge in [-0.25, -0.2) is 0 Å². The third-order valence-corrected chi connectivity index (χ3v) is 7.06. The lowest BCUT2D eigenvalue weighted by atomic mass is 10.0. The van der Waals surface area contributed by atoms with Gasteiger partial charge in [-0.1, -0.05) is 24.3 Å². The molecule has 2 saturated heterocycles. The summed E-state index contributed by atoms with van der Waals surface area (Å²) < 4.78 is 11.5. The topological polar surface area (TPSA) is 51.7 Å². The fraction of sp³-hybridized carbons (Fsp3) is 0.571. The van der Waals surface area contributed by atoms with Crippen LogP contribution in [0.4, 0.5) is 5.69 Å². The van der Waals surface area contributed by atoms with E-state index in [9.17, 15) is 5.11 Å². The maximum absolute atomic E-state index is 11.3. The number of ether oxygens (including phenoxy) is 2. The Morgan fingerprint density at radius 3 is 2.43 bits per heavy atom. The number of aliphatic hydroxyl groups is 1. The van der Waals surface area contributed by atoms with Crippen LogP contribution >= 0.6 is 0 Å². The number of anilines is 1. The molecular formula is C28H42N4O3. The molecule has 2 aromatic carbocycles. The summed E-state index contributed by atoms with van der Waals surface area (Å²) in [5.41, 5.74) is 1.83. The van der Waals surface area contributed by atoms with Gasteiger partial charge < -0.3 is 24.4 Å². The largest absolute Gasteiger partial charge is 0.493 e. The molecule has 2 heterocycles. The lowest BCUT2D eigenvalue weighted by molar-refractivity contribution is 0.00978. The van der Waals surface area contributed by atoms with Gasteiger partial charge in [0.25, 0.3) is 0 Å². The van der Waals surface area contributed by atoms with E-state index in [2.05, 4.69) is 76.2 Å². The fourth-order valence-electron chi connectivity index (χ4n) is 5.17. The number of nitrogens with zero attached hydrogens (tertiary/aromatic N) is 4. The number of hydrogen-bond acceptors (Lipinski definition) is 7. The number of hydrogen-bond donors (Lipinski definition) is 1. The Hall–Kier alpha value is -2.32. The number of piperazine rings is 1. The van der Waals surface area contributed by atoms with E-state index in [4.69, 9.17) is 9.47 Å². The molecule has 1 N–H and O–H groups in total. The quantitative estimate of drug-likeness (QED) is 0.494. The zero-order valence-corrected chi connectivity index (χ0v) is 21.7. The number of β-amino-alcohol motifs (C(OH)–C–C–N with tert-alkyl or cyclic N) is 1. The molecule has 0 saturated carbocycles. The van der Waals surface area contributed by atoms with Crippen molar-refractivity contribution >= 4 is 5.69 Å². The van der Waals surface area contributed by atoms with Gasteiger partial charge in [-0.2, -0.15) is 0 Å². The second-order valence-corrected chi connectivity index (χ2v) is 10.3. The van der Waals surface area contributed by atoms with E-state index in [0.717, 1.165) is 76.7 Å². The van der Waals surface area contributed by atoms with Gasteiger partial charge >= 0.3 is 0 Å². The molecule has 2 fully saturated rings. The summed E-state index contributed by atoms with van der Waals surface area (Å²) in [6, 6.07) is 16.8. The van der Waals surface area contributed by atoms with E-state index in [1.807, 2.05) is 6.07 Å². The predicted molar refractivity (Wildman–Crippen MR) is 142 cm³/mol. The minimum absolute atomic E-state index is 0.644. The Bertz CT molecular complexity index is 918. The first kappa shape index (κ1) is 25.8. The number of likely N-dealkylation sites (tertiary alicyclic amines) is 1. The first-order valence-electron chi connectivity index (χ1n) is 12.9. The number of para-hydroxylation sites is 1. The van der Waals surface area contributed by atoms with Gasteiger partial charge in [0.05, 0.1) is 19.3 Å². The van der Waals surface area contributed by atoms with E-state index in [-0.39, 0.29) is 0 Å². The highest BCUT2D eigenvalue weighted by Crippen LogP contribution is 2.30. The summed E-state index contributed by atoms with van der Waals surface area (Å²) in [6.07, 6.45) is 1.79. The molecule has 0 spiro atoms. The summed E-state index contributed by atoms with van der Waals surface area (Å²) in [5.74, 6) is 1.57. The van der Waals surface area contributed by atoms with E-state index >= 15 is 0 Å². The van der Waals surface area contributed by atoms with E-state index in [1.165, 1.54) is 11.3 Å². The lowest BCUT2D eigenvalue weighted by Gasteiger charge is -2.39. The maximum Gasteiger partial charge on any atom is 0.161 e. The molecule has 2 aliphatic rings. The molecule has 4 rings (SSSR count). The number of benzene rings is 2. The van der Waals surface area contributed by atoms with Crippen molar-refractivity contribution in [2.24, 2.45) is 0 Å². The summed E-state index contributed by atoms with van der Waals surface area (Å²) in [6.45, 7) is 8.84. The Morgan fingerprint density at radius 1 is 0.943 bits per heavy atom. The Balaban J connectivity index is 1.24. The highest BCUT2D eigenvalue weighted by atomic mass is 16.5. The highest BCUT2D eigenvalue weighted by Gasteiger charge is 2.38. The zero-order valence-electron chi connectivity index (χ0n) is 21.7. The molecule has 0 radical (unpaired) electrons. The smallest absolute Gasteiger partial charge is 0.161 e. The minimum atomic E-state index is -0.644. The van der Waals surface area contributed by atoms with Crippen LogP contribution in [0, 0.1) is 0 Å². The third-order valence-electron chi connectivity index (χ3n) is 7.06. The summed E-state index contributed by atoms with van der Waals surface area (Å²) >= 11 is 0. The van der Waals surface area contributed by atoms with E-state index in [1.54, 1.807) is 7.11 Å². The van der Waals surface area contributed by atoms with E-state index in [0.29, 0.717) is 13.2 Å². The molecule has 7 nitrogen and oxygen atoms in total. The maximum atomic E-state index is 11.3. The summed E-state index contributed by atoms with van der Waals surface area (Å²) in [5, 5.41) is 11.3. The Labute approximate surface area is 210 Å². The second-order valence-electron chi connectivity index (χ2n) is 10.3. The molecule has 35 heavy (non-hydrogen) atoms. The third kappa shape index (κ3) is 7.34. The van der Waals surface area contributed by atoms with Crippen LogP contribution in [0.5, 0.6) is 11.5 Å². The van der Waals surface area contributed by atoms with Gasteiger partial charge in [-0.3, -0.25) is 9.80 Å². The Kier molecular flexibility index (Phi) is 8.89.